The van der Waals surface area contributed by atoms with Crippen molar-refractivity contribution in [3.8, 4) is 17.2 Å². The molecule has 2 amide bonds. The van der Waals surface area contributed by atoms with Crippen molar-refractivity contribution in [3.05, 3.63) is 83.7 Å². The van der Waals surface area contributed by atoms with Gasteiger partial charge in [0.05, 0.1) is 17.2 Å². The number of carbonyl (C=O) groups is 1. The Labute approximate surface area is 224 Å². The number of nitrogens with zero attached hydrogens (tertiary/aromatic N) is 3. The first kappa shape index (κ1) is 26.7. The summed E-state index contributed by atoms with van der Waals surface area (Å²) in [5.41, 5.74) is 1.28. The molecule has 1 saturated heterocycles. The number of anilines is 2. The standard InChI is InChI=1S/C30H28F4N4O/c31-28-13-10-24(16-27(28)30(32,33)34)36-29(39)38(19-26-5-2-14-37(26)18-20-6-7-20)25-11-8-22(9-12-25)23-4-1-3-21(15-23)17-35/h1,3-4,8-13,15-16,20,26H,2,5-7,14,18-19H2,(H,36,39). The summed E-state index contributed by atoms with van der Waals surface area (Å²) in [5, 5.41) is 11.8. The number of likely N-dealkylation sites (tertiary alicyclic amines) is 1. The Morgan fingerprint density at radius 2 is 1.79 bits per heavy atom. The second-order valence-corrected chi connectivity index (χ2v) is 10.2. The van der Waals surface area contributed by atoms with Crippen molar-refractivity contribution in [1.82, 2.24) is 4.90 Å². The Hall–Kier alpha value is -3.90. The maximum Gasteiger partial charge on any atom is 0.419 e. The Balaban J connectivity index is 1.41. The highest BCUT2D eigenvalue weighted by molar-refractivity contribution is 6.02. The number of hydrogen-bond acceptors (Lipinski definition) is 3. The SMILES string of the molecule is N#Cc1cccc(-c2ccc(N(CC3CCCN3CC3CC3)C(=O)Nc3ccc(F)c(C(F)(F)F)c3)cc2)c1. The maximum absolute atomic E-state index is 13.8. The molecule has 3 aromatic rings. The molecule has 1 saturated carbocycles. The molecule has 1 heterocycles. The van der Waals surface area contributed by atoms with Crippen LogP contribution in [0, 0.1) is 23.1 Å². The van der Waals surface area contributed by atoms with Gasteiger partial charge < -0.3 is 5.32 Å². The number of amides is 2. The van der Waals surface area contributed by atoms with Crippen LogP contribution in [0.15, 0.2) is 66.7 Å². The molecule has 2 aliphatic rings. The molecular formula is C30H28F4N4O. The van der Waals surface area contributed by atoms with Crippen molar-refractivity contribution in [3.63, 3.8) is 0 Å². The number of alkyl halides is 3. The van der Waals surface area contributed by atoms with E-state index in [0.29, 0.717) is 35.8 Å². The molecule has 9 heteroatoms. The summed E-state index contributed by atoms with van der Waals surface area (Å²) in [6.07, 6.45) is -0.503. The number of rotatable bonds is 7. The number of nitrogens with one attached hydrogen (secondary N) is 1. The van der Waals surface area contributed by atoms with Crippen LogP contribution in [0.2, 0.25) is 0 Å². The zero-order chi connectivity index (χ0) is 27.6. The predicted molar refractivity (Wildman–Crippen MR) is 142 cm³/mol. The van der Waals surface area contributed by atoms with Crippen LogP contribution in [0.1, 0.15) is 36.8 Å². The lowest BCUT2D eigenvalue weighted by Gasteiger charge is -2.31. The molecule has 1 aliphatic heterocycles. The summed E-state index contributed by atoms with van der Waals surface area (Å²) in [5.74, 6) is -0.702. The van der Waals surface area contributed by atoms with E-state index in [1.165, 1.54) is 12.8 Å². The highest BCUT2D eigenvalue weighted by Crippen LogP contribution is 2.35. The molecule has 0 aromatic heterocycles. The largest absolute Gasteiger partial charge is 0.419 e. The van der Waals surface area contributed by atoms with Crippen LogP contribution in [-0.4, -0.2) is 36.6 Å². The summed E-state index contributed by atoms with van der Waals surface area (Å²) in [6.45, 7) is 2.31. The third-order valence-corrected chi connectivity index (χ3v) is 7.35. The van der Waals surface area contributed by atoms with Crippen molar-refractivity contribution in [2.24, 2.45) is 5.92 Å². The third-order valence-electron chi connectivity index (χ3n) is 7.35. The normalized spacial score (nSPS) is 17.6. The first-order chi connectivity index (χ1) is 18.7. The van der Waals surface area contributed by atoms with E-state index in [0.717, 1.165) is 43.1 Å². The number of hydrogen-bond donors (Lipinski definition) is 1. The molecule has 0 radical (unpaired) electrons. The smallest absolute Gasteiger partial charge is 0.308 e. The average Bonchev–Trinajstić information content (AvgIpc) is 3.64. The highest BCUT2D eigenvalue weighted by atomic mass is 19.4. The molecule has 5 rings (SSSR count). The van der Waals surface area contributed by atoms with Gasteiger partial charge in [0.15, 0.2) is 0 Å². The van der Waals surface area contributed by atoms with E-state index in [2.05, 4.69) is 16.3 Å². The molecular weight excluding hydrogens is 508 g/mol. The molecule has 3 aromatic carbocycles. The number of benzene rings is 3. The summed E-state index contributed by atoms with van der Waals surface area (Å²) in [4.78, 5) is 17.5. The van der Waals surface area contributed by atoms with Gasteiger partial charge in [-0.3, -0.25) is 9.80 Å². The third kappa shape index (κ3) is 6.40. The lowest BCUT2D eigenvalue weighted by atomic mass is 10.0. The zero-order valence-corrected chi connectivity index (χ0v) is 21.2. The summed E-state index contributed by atoms with van der Waals surface area (Å²) in [6, 6.07) is 18.6. The van der Waals surface area contributed by atoms with Gasteiger partial charge in [-0.1, -0.05) is 24.3 Å². The summed E-state index contributed by atoms with van der Waals surface area (Å²) >= 11 is 0. The van der Waals surface area contributed by atoms with Crippen LogP contribution >= 0.6 is 0 Å². The lowest BCUT2D eigenvalue weighted by Crippen LogP contribution is -2.45. The highest BCUT2D eigenvalue weighted by Gasteiger charge is 2.35. The topological polar surface area (TPSA) is 59.4 Å². The minimum Gasteiger partial charge on any atom is -0.308 e. The molecule has 1 unspecified atom stereocenters. The molecule has 1 N–H and O–H groups in total. The molecule has 39 heavy (non-hydrogen) atoms. The molecule has 0 spiro atoms. The van der Waals surface area contributed by atoms with Gasteiger partial charge in [-0.15, -0.1) is 0 Å². The molecule has 0 bridgehead atoms. The second kappa shape index (κ2) is 11.1. The Morgan fingerprint density at radius 1 is 1.03 bits per heavy atom. The van der Waals surface area contributed by atoms with Gasteiger partial charge in [0.25, 0.3) is 0 Å². The second-order valence-electron chi connectivity index (χ2n) is 10.2. The van der Waals surface area contributed by atoms with Crippen LogP contribution in [0.3, 0.4) is 0 Å². The molecule has 5 nitrogen and oxygen atoms in total. The van der Waals surface area contributed by atoms with Crippen molar-refractivity contribution < 1.29 is 22.4 Å². The van der Waals surface area contributed by atoms with Gasteiger partial charge in [0.2, 0.25) is 0 Å². The summed E-state index contributed by atoms with van der Waals surface area (Å²) in [7, 11) is 0. The van der Waals surface area contributed by atoms with Crippen molar-refractivity contribution >= 4 is 17.4 Å². The molecule has 1 atom stereocenters. The lowest BCUT2D eigenvalue weighted by molar-refractivity contribution is -0.139. The van der Waals surface area contributed by atoms with Gasteiger partial charge in [-0.2, -0.15) is 18.4 Å². The van der Waals surface area contributed by atoms with E-state index >= 15 is 0 Å². The fourth-order valence-electron chi connectivity index (χ4n) is 5.10. The molecule has 1 aliphatic carbocycles. The van der Waals surface area contributed by atoms with Crippen molar-refractivity contribution in [2.45, 2.75) is 37.9 Å². The number of carbonyl (C=O) groups excluding carboxylic acids is 1. The van der Waals surface area contributed by atoms with Gasteiger partial charge in [0.1, 0.15) is 5.82 Å². The molecule has 2 fully saturated rings. The number of nitriles is 1. The van der Waals surface area contributed by atoms with E-state index < -0.39 is 23.6 Å². The van der Waals surface area contributed by atoms with Crippen LogP contribution < -0.4 is 10.2 Å². The number of halogens is 4. The predicted octanol–water partition coefficient (Wildman–Crippen LogP) is 7.30. The van der Waals surface area contributed by atoms with Crippen LogP contribution in [0.25, 0.3) is 11.1 Å². The monoisotopic (exact) mass is 536 g/mol. The quantitative estimate of drug-likeness (QED) is 0.323. The first-order valence-electron chi connectivity index (χ1n) is 13.0. The minimum absolute atomic E-state index is 0.127. The van der Waals surface area contributed by atoms with Crippen LogP contribution in [0.4, 0.5) is 33.7 Å². The van der Waals surface area contributed by atoms with Gasteiger partial charge in [0, 0.05) is 30.5 Å². The van der Waals surface area contributed by atoms with Gasteiger partial charge in [-0.05, 0) is 91.7 Å². The van der Waals surface area contributed by atoms with E-state index in [-0.39, 0.29) is 11.7 Å². The van der Waals surface area contributed by atoms with Gasteiger partial charge in [-0.25, -0.2) is 9.18 Å². The van der Waals surface area contributed by atoms with E-state index in [1.807, 2.05) is 18.2 Å². The van der Waals surface area contributed by atoms with E-state index in [1.54, 1.807) is 35.2 Å². The van der Waals surface area contributed by atoms with E-state index in [9.17, 15) is 27.6 Å². The van der Waals surface area contributed by atoms with Crippen LogP contribution in [-0.2, 0) is 6.18 Å². The summed E-state index contributed by atoms with van der Waals surface area (Å²) < 4.78 is 53.6. The zero-order valence-electron chi connectivity index (χ0n) is 21.2. The van der Waals surface area contributed by atoms with Gasteiger partial charge >= 0.3 is 12.2 Å². The van der Waals surface area contributed by atoms with Crippen LogP contribution in [0.5, 0.6) is 0 Å². The Morgan fingerprint density at radius 3 is 2.49 bits per heavy atom. The van der Waals surface area contributed by atoms with Crippen molar-refractivity contribution in [2.75, 3.05) is 29.9 Å². The van der Waals surface area contributed by atoms with E-state index in [4.69, 9.17) is 0 Å². The van der Waals surface area contributed by atoms with Crippen molar-refractivity contribution in [1.29, 1.82) is 5.26 Å². The Kier molecular flexibility index (Phi) is 7.58. The fourth-order valence-corrected chi connectivity index (χ4v) is 5.10. The first-order valence-corrected chi connectivity index (χ1v) is 13.0. The average molecular weight is 537 g/mol. The Bertz CT molecular complexity index is 1380. The fraction of sp³-hybridized carbons (Fsp3) is 0.333. The minimum atomic E-state index is -4.88. The maximum atomic E-state index is 13.8. The molecule has 202 valence electrons. The number of urea groups is 1.